The molecule has 0 saturated heterocycles. The van der Waals surface area contributed by atoms with Crippen LogP contribution in [-0.4, -0.2) is 5.78 Å². The van der Waals surface area contributed by atoms with Crippen LogP contribution in [0.2, 0.25) is 0 Å². The van der Waals surface area contributed by atoms with Gasteiger partial charge in [0.1, 0.15) is 5.78 Å². The second-order valence-corrected chi connectivity index (χ2v) is 5.03. The van der Waals surface area contributed by atoms with Gasteiger partial charge in [-0.2, -0.15) is 0 Å². The lowest BCUT2D eigenvalue weighted by Gasteiger charge is -2.20. The zero-order valence-electron chi connectivity index (χ0n) is 9.77. The monoisotopic (exact) mass is 182 g/mol. The van der Waals surface area contributed by atoms with Crippen LogP contribution in [0.25, 0.3) is 0 Å². The molecule has 13 heavy (non-hydrogen) atoms. The number of rotatable bonds is 3. The molecule has 0 radical (unpaired) electrons. The maximum atomic E-state index is 11.7. The minimum absolute atomic E-state index is 0.148. The summed E-state index contributed by atoms with van der Waals surface area (Å²) in [6, 6.07) is 0. The van der Waals surface area contributed by atoms with Gasteiger partial charge in [0.15, 0.2) is 0 Å². The maximum absolute atomic E-state index is 11.7. The van der Waals surface area contributed by atoms with Gasteiger partial charge in [-0.1, -0.05) is 39.3 Å². The van der Waals surface area contributed by atoms with Crippen molar-refractivity contribution in [1.29, 1.82) is 0 Å². The van der Waals surface area contributed by atoms with Crippen LogP contribution in [0.5, 0.6) is 0 Å². The van der Waals surface area contributed by atoms with Crippen LogP contribution in [0.1, 0.15) is 48.0 Å². The Balaban J connectivity index is 4.21. The molecule has 0 saturated carbocycles. The van der Waals surface area contributed by atoms with Crippen molar-refractivity contribution in [2.75, 3.05) is 0 Å². The smallest absolute Gasteiger partial charge is 0.141 e. The molecule has 0 aliphatic rings. The molecule has 1 nitrogen and oxygen atoms in total. The first-order valence-electron chi connectivity index (χ1n) is 4.93. The number of hydrogen-bond donors (Lipinski definition) is 0. The molecular formula is C12H22O. The number of allylic oxidation sites excluding steroid dienone is 2. The molecule has 0 aromatic heterocycles. The van der Waals surface area contributed by atoms with Crippen LogP contribution in [0.4, 0.5) is 0 Å². The molecule has 1 atom stereocenters. The first-order chi connectivity index (χ1) is 5.75. The quantitative estimate of drug-likeness (QED) is 0.609. The highest BCUT2D eigenvalue weighted by Crippen LogP contribution is 2.22. The second kappa shape index (κ2) is 4.59. The van der Waals surface area contributed by atoms with Crippen molar-refractivity contribution in [3.63, 3.8) is 0 Å². The summed E-state index contributed by atoms with van der Waals surface area (Å²) in [6.45, 7) is 12.1. The van der Waals surface area contributed by atoms with Crippen LogP contribution in [-0.2, 0) is 4.79 Å². The van der Waals surface area contributed by atoms with Crippen molar-refractivity contribution in [1.82, 2.24) is 0 Å². The second-order valence-electron chi connectivity index (χ2n) is 5.03. The molecule has 1 unspecified atom stereocenters. The van der Waals surface area contributed by atoms with Gasteiger partial charge in [-0.25, -0.2) is 0 Å². The van der Waals surface area contributed by atoms with E-state index < -0.39 is 0 Å². The first-order valence-corrected chi connectivity index (χ1v) is 4.93. The Bertz CT molecular complexity index is 202. The molecule has 0 rings (SSSR count). The predicted octanol–water partition coefficient (Wildman–Crippen LogP) is 3.59. The summed E-state index contributed by atoms with van der Waals surface area (Å²) >= 11 is 0. The molecule has 0 bridgehead atoms. The summed E-state index contributed by atoms with van der Waals surface area (Å²) < 4.78 is 0. The van der Waals surface area contributed by atoms with Crippen LogP contribution in [0.3, 0.4) is 0 Å². The molecule has 0 heterocycles. The third kappa shape index (κ3) is 4.87. The van der Waals surface area contributed by atoms with E-state index in [0.717, 1.165) is 6.42 Å². The van der Waals surface area contributed by atoms with Crippen LogP contribution >= 0.6 is 0 Å². The SMILES string of the molecule is CC(C)=CCC(C)C(=O)C(C)(C)C. The van der Waals surface area contributed by atoms with E-state index >= 15 is 0 Å². The van der Waals surface area contributed by atoms with Gasteiger partial charge in [0.25, 0.3) is 0 Å². The van der Waals surface area contributed by atoms with Crippen molar-refractivity contribution in [2.45, 2.75) is 48.0 Å². The van der Waals surface area contributed by atoms with E-state index in [1.807, 2.05) is 27.7 Å². The van der Waals surface area contributed by atoms with Crippen LogP contribution in [0.15, 0.2) is 11.6 Å². The highest BCUT2D eigenvalue weighted by Gasteiger charge is 2.25. The molecule has 0 fully saturated rings. The summed E-state index contributed by atoms with van der Waals surface area (Å²) in [7, 11) is 0. The predicted molar refractivity (Wildman–Crippen MR) is 57.7 cm³/mol. The highest BCUT2D eigenvalue weighted by atomic mass is 16.1. The average molecular weight is 182 g/mol. The maximum Gasteiger partial charge on any atom is 0.141 e. The van der Waals surface area contributed by atoms with Gasteiger partial charge in [-0.3, -0.25) is 4.79 Å². The van der Waals surface area contributed by atoms with E-state index in [4.69, 9.17) is 0 Å². The lowest BCUT2D eigenvalue weighted by Crippen LogP contribution is -2.26. The minimum atomic E-state index is -0.200. The zero-order valence-corrected chi connectivity index (χ0v) is 9.77. The van der Waals surface area contributed by atoms with Gasteiger partial charge >= 0.3 is 0 Å². The lowest BCUT2D eigenvalue weighted by atomic mass is 9.82. The summed E-state index contributed by atoms with van der Waals surface area (Å²) in [5.74, 6) is 0.500. The summed E-state index contributed by atoms with van der Waals surface area (Å²) in [6.07, 6.45) is 3.01. The third-order valence-electron chi connectivity index (χ3n) is 2.07. The van der Waals surface area contributed by atoms with E-state index in [2.05, 4.69) is 19.9 Å². The Kier molecular flexibility index (Phi) is 4.38. The average Bonchev–Trinajstić information content (AvgIpc) is 1.96. The normalized spacial score (nSPS) is 13.7. The Morgan fingerprint density at radius 3 is 2.08 bits per heavy atom. The number of carbonyl (C=O) groups is 1. The van der Waals surface area contributed by atoms with E-state index in [9.17, 15) is 4.79 Å². The first kappa shape index (κ1) is 12.4. The van der Waals surface area contributed by atoms with Gasteiger partial charge in [-0.15, -0.1) is 0 Å². The van der Waals surface area contributed by atoms with Gasteiger partial charge < -0.3 is 0 Å². The lowest BCUT2D eigenvalue weighted by molar-refractivity contribution is -0.129. The van der Waals surface area contributed by atoms with Gasteiger partial charge in [0, 0.05) is 11.3 Å². The molecule has 0 aromatic rings. The highest BCUT2D eigenvalue weighted by molar-refractivity contribution is 5.85. The minimum Gasteiger partial charge on any atom is -0.299 e. The number of hydrogen-bond acceptors (Lipinski definition) is 1. The molecule has 0 aromatic carbocycles. The molecule has 0 aliphatic heterocycles. The topological polar surface area (TPSA) is 17.1 Å². The van der Waals surface area contributed by atoms with Crippen LogP contribution in [0, 0.1) is 11.3 Å². The summed E-state index contributed by atoms with van der Waals surface area (Å²) in [5.41, 5.74) is 1.09. The molecule has 0 amide bonds. The fourth-order valence-electron chi connectivity index (χ4n) is 1.26. The van der Waals surface area contributed by atoms with E-state index in [1.165, 1.54) is 5.57 Å². The van der Waals surface area contributed by atoms with Gasteiger partial charge in [-0.05, 0) is 20.3 Å². The molecule has 1 heteroatoms. The fraction of sp³-hybridized carbons (Fsp3) is 0.750. The van der Waals surface area contributed by atoms with Crippen molar-refractivity contribution in [2.24, 2.45) is 11.3 Å². The Hall–Kier alpha value is -0.590. The fourth-order valence-corrected chi connectivity index (χ4v) is 1.26. The van der Waals surface area contributed by atoms with Crippen molar-refractivity contribution in [3.05, 3.63) is 11.6 Å². The summed E-state index contributed by atoms with van der Waals surface area (Å²) in [4.78, 5) is 11.7. The molecular weight excluding hydrogens is 160 g/mol. The number of Topliss-reactive ketones (excluding diaryl/α,β-unsaturated/α-hetero) is 1. The third-order valence-corrected chi connectivity index (χ3v) is 2.07. The number of carbonyl (C=O) groups excluding carboxylic acids is 1. The molecule has 0 N–H and O–H groups in total. The van der Waals surface area contributed by atoms with Crippen molar-refractivity contribution in [3.8, 4) is 0 Å². The number of ketones is 1. The van der Waals surface area contributed by atoms with Gasteiger partial charge in [0.2, 0.25) is 0 Å². The largest absolute Gasteiger partial charge is 0.299 e. The van der Waals surface area contributed by atoms with E-state index in [-0.39, 0.29) is 11.3 Å². The molecule has 0 aliphatic carbocycles. The Morgan fingerprint density at radius 1 is 1.31 bits per heavy atom. The van der Waals surface area contributed by atoms with E-state index in [0.29, 0.717) is 5.78 Å². The Labute approximate surface area is 82.2 Å². The molecule has 76 valence electrons. The zero-order chi connectivity index (χ0) is 10.6. The van der Waals surface area contributed by atoms with Gasteiger partial charge in [0.05, 0.1) is 0 Å². The van der Waals surface area contributed by atoms with Crippen LogP contribution < -0.4 is 0 Å². The standard InChI is InChI=1S/C12H22O/c1-9(2)7-8-10(3)11(13)12(4,5)6/h7,10H,8H2,1-6H3. The van der Waals surface area contributed by atoms with Crippen molar-refractivity contribution < 1.29 is 4.79 Å². The summed E-state index contributed by atoms with van der Waals surface area (Å²) in [5, 5.41) is 0. The Morgan fingerprint density at radius 2 is 1.77 bits per heavy atom. The molecule has 0 spiro atoms. The van der Waals surface area contributed by atoms with E-state index in [1.54, 1.807) is 0 Å². The van der Waals surface area contributed by atoms with Crippen molar-refractivity contribution >= 4 is 5.78 Å².